The minimum absolute atomic E-state index is 0.169. The van der Waals surface area contributed by atoms with Crippen LogP contribution >= 0.6 is 0 Å². The second-order valence-electron chi connectivity index (χ2n) is 5.07. The number of aromatic nitrogens is 3. The summed E-state index contributed by atoms with van der Waals surface area (Å²) in [6.07, 6.45) is 2.70. The third-order valence-corrected chi connectivity index (χ3v) is 3.78. The Kier molecular flexibility index (Phi) is 3.29. The molecule has 2 aromatic rings. The van der Waals surface area contributed by atoms with Gasteiger partial charge in [0.2, 0.25) is 0 Å². The lowest BCUT2D eigenvalue weighted by atomic mass is 9.99. The number of nitrogens with zero attached hydrogens (tertiary/aromatic N) is 4. The molecule has 1 aromatic carbocycles. The molecule has 1 unspecified atom stereocenters. The van der Waals surface area contributed by atoms with Crippen molar-refractivity contribution in [1.29, 1.82) is 0 Å². The number of likely N-dealkylation sites (tertiary alicyclic amines) is 1. The number of aryl methyl sites for hydroxylation is 1. The Balaban J connectivity index is 1.64. The van der Waals surface area contributed by atoms with E-state index in [1.165, 1.54) is 5.56 Å². The normalized spacial score (nSPS) is 20.0. The maximum absolute atomic E-state index is 12.9. The van der Waals surface area contributed by atoms with Crippen LogP contribution in [0, 0.1) is 5.82 Å². The van der Waals surface area contributed by atoms with Crippen LogP contribution in [0.2, 0.25) is 0 Å². The van der Waals surface area contributed by atoms with Crippen LogP contribution in [0.5, 0.6) is 0 Å². The standard InChI is InChI=1S/C14H17FN4/c1-18-14(16-10-17-18)9-19-7-6-12(8-19)11-2-4-13(15)5-3-11/h2-5,10,12H,6-9H2,1H3. The van der Waals surface area contributed by atoms with Crippen LogP contribution < -0.4 is 0 Å². The molecule has 1 fully saturated rings. The first kappa shape index (κ1) is 12.3. The molecule has 1 aromatic heterocycles. The van der Waals surface area contributed by atoms with Crippen molar-refractivity contribution in [2.75, 3.05) is 13.1 Å². The quantitative estimate of drug-likeness (QED) is 0.845. The van der Waals surface area contributed by atoms with Crippen molar-refractivity contribution in [2.24, 2.45) is 7.05 Å². The van der Waals surface area contributed by atoms with E-state index in [9.17, 15) is 4.39 Å². The minimum atomic E-state index is -0.169. The van der Waals surface area contributed by atoms with Crippen LogP contribution in [0.4, 0.5) is 4.39 Å². The van der Waals surface area contributed by atoms with Gasteiger partial charge in [-0.05, 0) is 36.6 Å². The maximum Gasteiger partial charge on any atom is 0.140 e. The van der Waals surface area contributed by atoms with Gasteiger partial charge in [0.15, 0.2) is 0 Å². The Bertz CT molecular complexity index is 549. The van der Waals surface area contributed by atoms with Gasteiger partial charge in [0.05, 0.1) is 6.54 Å². The SMILES string of the molecule is Cn1ncnc1CN1CCC(c2ccc(F)cc2)C1. The second kappa shape index (κ2) is 5.09. The summed E-state index contributed by atoms with van der Waals surface area (Å²) in [5.41, 5.74) is 1.22. The topological polar surface area (TPSA) is 34.0 Å². The summed E-state index contributed by atoms with van der Waals surface area (Å²) in [5.74, 6) is 1.31. The van der Waals surface area contributed by atoms with E-state index in [1.807, 2.05) is 23.9 Å². The average Bonchev–Trinajstić information content (AvgIpc) is 3.01. The molecule has 0 saturated carbocycles. The third kappa shape index (κ3) is 2.66. The molecular weight excluding hydrogens is 243 g/mol. The van der Waals surface area contributed by atoms with Crippen molar-refractivity contribution in [3.8, 4) is 0 Å². The van der Waals surface area contributed by atoms with Crippen LogP contribution in [0.15, 0.2) is 30.6 Å². The van der Waals surface area contributed by atoms with E-state index >= 15 is 0 Å². The molecule has 1 saturated heterocycles. The Hall–Kier alpha value is -1.75. The Morgan fingerprint density at radius 2 is 2.11 bits per heavy atom. The van der Waals surface area contributed by atoms with Crippen LogP contribution in [0.3, 0.4) is 0 Å². The fourth-order valence-corrected chi connectivity index (χ4v) is 2.65. The number of benzene rings is 1. The first-order valence-corrected chi connectivity index (χ1v) is 6.53. The van der Waals surface area contributed by atoms with Gasteiger partial charge in [0, 0.05) is 13.6 Å². The summed E-state index contributed by atoms with van der Waals surface area (Å²) in [7, 11) is 1.91. The molecule has 0 aliphatic carbocycles. The number of hydrogen-bond acceptors (Lipinski definition) is 3. The van der Waals surface area contributed by atoms with Gasteiger partial charge < -0.3 is 0 Å². The van der Waals surface area contributed by atoms with Crippen molar-refractivity contribution in [2.45, 2.75) is 18.9 Å². The summed E-state index contributed by atoms with van der Waals surface area (Å²) in [5, 5.41) is 4.08. The summed E-state index contributed by atoms with van der Waals surface area (Å²) in [6.45, 7) is 2.88. The molecule has 19 heavy (non-hydrogen) atoms. The smallest absolute Gasteiger partial charge is 0.140 e. The van der Waals surface area contributed by atoms with Crippen molar-refractivity contribution >= 4 is 0 Å². The van der Waals surface area contributed by atoms with Gasteiger partial charge >= 0.3 is 0 Å². The van der Waals surface area contributed by atoms with E-state index < -0.39 is 0 Å². The van der Waals surface area contributed by atoms with Crippen LogP contribution in [0.1, 0.15) is 23.7 Å². The summed E-state index contributed by atoms with van der Waals surface area (Å²) < 4.78 is 14.7. The molecule has 3 rings (SSSR count). The van der Waals surface area contributed by atoms with E-state index in [1.54, 1.807) is 18.5 Å². The third-order valence-electron chi connectivity index (χ3n) is 3.78. The lowest BCUT2D eigenvalue weighted by Gasteiger charge is -2.15. The first-order chi connectivity index (χ1) is 9.22. The van der Waals surface area contributed by atoms with E-state index in [4.69, 9.17) is 0 Å². The Morgan fingerprint density at radius 1 is 1.32 bits per heavy atom. The molecule has 5 heteroatoms. The fourth-order valence-electron chi connectivity index (χ4n) is 2.65. The van der Waals surface area contributed by atoms with E-state index in [-0.39, 0.29) is 5.82 Å². The van der Waals surface area contributed by atoms with Gasteiger partial charge in [-0.1, -0.05) is 12.1 Å². The largest absolute Gasteiger partial charge is 0.295 e. The molecule has 0 spiro atoms. The number of rotatable bonds is 3. The predicted octanol–water partition coefficient (Wildman–Crippen LogP) is 1.94. The second-order valence-corrected chi connectivity index (χ2v) is 5.07. The lowest BCUT2D eigenvalue weighted by Crippen LogP contribution is -2.22. The Labute approximate surface area is 111 Å². The van der Waals surface area contributed by atoms with E-state index in [2.05, 4.69) is 15.0 Å². The molecule has 0 N–H and O–H groups in total. The number of hydrogen-bond donors (Lipinski definition) is 0. The zero-order valence-electron chi connectivity index (χ0n) is 11.0. The maximum atomic E-state index is 12.9. The zero-order chi connectivity index (χ0) is 13.2. The summed E-state index contributed by atoms with van der Waals surface area (Å²) in [6, 6.07) is 6.87. The molecular formula is C14H17FN4. The molecule has 0 bridgehead atoms. The molecule has 1 atom stereocenters. The van der Waals surface area contributed by atoms with Crippen molar-refractivity contribution < 1.29 is 4.39 Å². The van der Waals surface area contributed by atoms with Gasteiger partial charge in [0.1, 0.15) is 18.0 Å². The molecule has 1 aliphatic heterocycles. The van der Waals surface area contributed by atoms with Gasteiger partial charge in [-0.3, -0.25) is 9.58 Å². The van der Waals surface area contributed by atoms with Gasteiger partial charge in [-0.15, -0.1) is 0 Å². The molecule has 0 amide bonds. The minimum Gasteiger partial charge on any atom is -0.295 e. The van der Waals surface area contributed by atoms with E-state index in [0.717, 1.165) is 31.9 Å². The van der Waals surface area contributed by atoms with Gasteiger partial charge in [0.25, 0.3) is 0 Å². The molecule has 4 nitrogen and oxygen atoms in total. The summed E-state index contributed by atoms with van der Waals surface area (Å²) >= 11 is 0. The highest BCUT2D eigenvalue weighted by Gasteiger charge is 2.24. The zero-order valence-corrected chi connectivity index (χ0v) is 11.0. The molecule has 100 valence electrons. The van der Waals surface area contributed by atoms with Crippen molar-refractivity contribution in [3.63, 3.8) is 0 Å². The van der Waals surface area contributed by atoms with Crippen molar-refractivity contribution in [3.05, 3.63) is 47.8 Å². The monoisotopic (exact) mass is 260 g/mol. The molecule has 0 radical (unpaired) electrons. The predicted molar refractivity (Wildman–Crippen MR) is 70.0 cm³/mol. The van der Waals surface area contributed by atoms with Crippen LogP contribution in [-0.4, -0.2) is 32.8 Å². The van der Waals surface area contributed by atoms with E-state index in [0.29, 0.717) is 5.92 Å². The highest BCUT2D eigenvalue weighted by atomic mass is 19.1. The average molecular weight is 260 g/mol. The van der Waals surface area contributed by atoms with Crippen LogP contribution in [0.25, 0.3) is 0 Å². The number of halogens is 1. The Morgan fingerprint density at radius 3 is 2.79 bits per heavy atom. The van der Waals surface area contributed by atoms with Crippen LogP contribution in [-0.2, 0) is 13.6 Å². The highest BCUT2D eigenvalue weighted by molar-refractivity contribution is 5.22. The molecule has 1 aliphatic rings. The fraction of sp³-hybridized carbons (Fsp3) is 0.429. The van der Waals surface area contributed by atoms with Gasteiger partial charge in [-0.25, -0.2) is 9.37 Å². The lowest BCUT2D eigenvalue weighted by molar-refractivity contribution is 0.312. The van der Waals surface area contributed by atoms with Gasteiger partial charge in [-0.2, -0.15) is 5.10 Å². The van der Waals surface area contributed by atoms with Crippen molar-refractivity contribution in [1.82, 2.24) is 19.7 Å². The molecule has 2 heterocycles. The highest BCUT2D eigenvalue weighted by Crippen LogP contribution is 2.27. The first-order valence-electron chi connectivity index (χ1n) is 6.53. The summed E-state index contributed by atoms with van der Waals surface area (Å²) in [4.78, 5) is 6.62.